The number of guanidine groups is 1. The minimum atomic E-state index is -0.156. The zero-order valence-electron chi connectivity index (χ0n) is 9.71. The van der Waals surface area contributed by atoms with Crippen LogP contribution in [-0.2, 0) is 6.42 Å². The van der Waals surface area contributed by atoms with Crippen molar-refractivity contribution in [1.82, 2.24) is 10.2 Å². The molecule has 1 aromatic carbocycles. The molecule has 0 fully saturated rings. The lowest BCUT2D eigenvalue weighted by Gasteiger charge is -2.15. The van der Waals surface area contributed by atoms with Gasteiger partial charge in [0.1, 0.15) is 5.82 Å². The van der Waals surface area contributed by atoms with Crippen LogP contribution in [0, 0.1) is 5.82 Å². The van der Waals surface area contributed by atoms with E-state index in [1.807, 2.05) is 13.1 Å². The molecule has 0 saturated carbocycles. The summed E-state index contributed by atoms with van der Waals surface area (Å²) in [7, 11) is 2.00. The Morgan fingerprint density at radius 1 is 1.53 bits per heavy atom. The van der Waals surface area contributed by atoms with E-state index in [1.54, 1.807) is 6.07 Å². The van der Waals surface area contributed by atoms with Gasteiger partial charge in [0, 0.05) is 24.6 Å². The van der Waals surface area contributed by atoms with Gasteiger partial charge in [0.25, 0.3) is 0 Å². The Labute approximate surface area is 109 Å². The number of aliphatic imine (C=N–C) groups is 1. The van der Waals surface area contributed by atoms with Gasteiger partial charge in [0.2, 0.25) is 0 Å². The molecule has 1 aliphatic heterocycles. The number of benzene rings is 1. The fourth-order valence-electron chi connectivity index (χ4n) is 1.77. The van der Waals surface area contributed by atoms with Gasteiger partial charge < -0.3 is 10.2 Å². The van der Waals surface area contributed by atoms with Crippen LogP contribution in [0.15, 0.2) is 27.7 Å². The van der Waals surface area contributed by atoms with Crippen molar-refractivity contribution in [1.29, 1.82) is 0 Å². The van der Waals surface area contributed by atoms with Crippen LogP contribution in [0.1, 0.15) is 5.56 Å². The minimum Gasteiger partial charge on any atom is -0.356 e. The molecule has 1 aromatic rings. The van der Waals surface area contributed by atoms with Crippen molar-refractivity contribution in [2.24, 2.45) is 4.99 Å². The van der Waals surface area contributed by atoms with Crippen molar-refractivity contribution >= 4 is 21.9 Å². The summed E-state index contributed by atoms with van der Waals surface area (Å²) in [6.07, 6.45) is 0.651. The first-order valence-corrected chi connectivity index (χ1v) is 6.39. The summed E-state index contributed by atoms with van der Waals surface area (Å²) in [5.41, 5.74) is 0.716. The molecule has 1 N–H and O–H groups in total. The average molecular weight is 300 g/mol. The molecule has 0 amide bonds. The molecule has 0 bridgehead atoms. The van der Waals surface area contributed by atoms with Crippen molar-refractivity contribution in [2.45, 2.75) is 6.42 Å². The topological polar surface area (TPSA) is 27.6 Å². The van der Waals surface area contributed by atoms with Crippen LogP contribution in [-0.4, -0.2) is 37.5 Å². The number of nitrogens with zero attached hydrogens (tertiary/aromatic N) is 2. The molecule has 1 aliphatic rings. The predicted molar refractivity (Wildman–Crippen MR) is 70.7 cm³/mol. The summed E-state index contributed by atoms with van der Waals surface area (Å²) in [4.78, 5) is 6.38. The number of likely N-dealkylation sites (N-methyl/N-ethyl adjacent to an activating group) is 1. The third-order valence-corrected chi connectivity index (χ3v) is 3.24. The highest BCUT2D eigenvalue weighted by Crippen LogP contribution is 2.15. The van der Waals surface area contributed by atoms with Crippen molar-refractivity contribution < 1.29 is 4.39 Å². The maximum Gasteiger partial charge on any atom is 0.193 e. The van der Waals surface area contributed by atoms with Gasteiger partial charge in [0.05, 0.1) is 6.54 Å². The second-order valence-corrected chi connectivity index (χ2v) is 4.96. The van der Waals surface area contributed by atoms with E-state index in [4.69, 9.17) is 0 Å². The molecular formula is C12H15BrFN3. The van der Waals surface area contributed by atoms with E-state index in [-0.39, 0.29) is 5.82 Å². The first-order chi connectivity index (χ1) is 8.16. The molecule has 3 nitrogen and oxygen atoms in total. The molecule has 92 valence electrons. The smallest absolute Gasteiger partial charge is 0.193 e. The molecule has 0 spiro atoms. The zero-order valence-corrected chi connectivity index (χ0v) is 11.3. The van der Waals surface area contributed by atoms with Gasteiger partial charge in [-0.15, -0.1) is 0 Å². The van der Waals surface area contributed by atoms with E-state index in [2.05, 4.69) is 31.1 Å². The van der Waals surface area contributed by atoms with Gasteiger partial charge >= 0.3 is 0 Å². The van der Waals surface area contributed by atoms with Gasteiger partial charge in [-0.1, -0.05) is 15.9 Å². The molecule has 17 heavy (non-hydrogen) atoms. The summed E-state index contributed by atoms with van der Waals surface area (Å²) in [5.74, 6) is 0.747. The Bertz CT molecular complexity index is 434. The average Bonchev–Trinajstić information content (AvgIpc) is 2.70. The minimum absolute atomic E-state index is 0.156. The second-order valence-electron chi connectivity index (χ2n) is 4.04. The fourth-order valence-corrected chi connectivity index (χ4v) is 2.18. The van der Waals surface area contributed by atoms with Crippen molar-refractivity contribution in [2.75, 3.05) is 26.7 Å². The van der Waals surface area contributed by atoms with E-state index >= 15 is 0 Å². The Kier molecular flexibility index (Phi) is 3.99. The Morgan fingerprint density at radius 2 is 2.35 bits per heavy atom. The molecule has 0 radical (unpaired) electrons. The zero-order chi connectivity index (χ0) is 12.3. The van der Waals surface area contributed by atoms with Crippen LogP contribution in [0.3, 0.4) is 0 Å². The molecule has 0 saturated heterocycles. The van der Waals surface area contributed by atoms with Gasteiger partial charge in [-0.3, -0.25) is 4.99 Å². The molecule has 1 heterocycles. The Hall–Kier alpha value is -1.10. The van der Waals surface area contributed by atoms with Crippen LogP contribution in [0.2, 0.25) is 0 Å². The lowest BCUT2D eigenvalue weighted by molar-refractivity contribution is 0.533. The maximum atomic E-state index is 13.5. The van der Waals surface area contributed by atoms with Crippen LogP contribution in [0.25, 0.3) is 0 Å². The van der Waals surface area contributed by atoms with Crippen molar-refractivity contribution in [3.8, 4) is 0 Å². The molecule has 0 aliphatic carbocycles. The number of hydrogen-bond acceptors (Lipinski definition) is 3. The number of nitrogens with one attached hydrogen (secondary N) is 1. The molecule has 0 atom stereocenters. The first-order valence-electron chi connectivity index (χ1n) is 5.60. The highest BCUT2D eigenvalue weighted by atomic mass is 79.9. The maximum absolute atomic E-state index is 13.5. The van der Waals surface area contributed by atoms with Crippen LogP contribution in [0.5, 0.6) is 0 Å². The summed E-state index contributed by atoms with van der Waals surface area (Å²) < 4.78 is 14.4. The molecule has 5 heteroatoms. The molecule has 2 rings (SSSR count). The third-order valence-electron chi connectivity index (χ3n) is 2.74. The van der Waals surface area contributed by atoms with E-state index in [0.717, 1.165) is 23.5 Å². The number of rotatable bonds is 3. The van der Waals surface area contributed by atoms with E-state index in [9.17, 15) is 4.39 Å². The highest BCUT2D eigenvalue weighted by molar-refractivity contribution is 9.10. The lowest BCUT2D eigenvalue weighted by atomic mass is 10.1. The molecule has 0 unspecified atom stereocenters. The largest absolute Gasteiger partial charge is 0.356 e. The number of halogens is 2. The third kappa shape index (κ3) is 3.19. The normalized spacial score (nSPS) is 15.0. The van der Waals surface area contributed by atoms with E-state index in [1.165, 1.54) is 6.07 Å². The quantitative estimate of drug-likeness (QED) is 0.925. The van der Waals surface area contributed by atoms with Crippen molar-refractivity contribution in [3.05, 3.63) is 34.1 Å². The van der Waals surface area contributed by atoms with Gasteiger partial charge in [0.15, 0.2) is 5.96 Å². The molecule has 0 aromatic heterocycles. The van der Waals surface area contributed by atoms with Crippen LogP contribution < -0.4 is 5.32 Å². The van der Waals surface area contributed by atoms with E-state index in [0.29, 0.717) is 18.5 Å². The Morgan fingerprint density at radius 3 is 3.06 bits per heavy atom. The van der Waals surface area contributed by atoms with Gasteiger partial charge in [-0.05, 0) is 30.2 Å². The lowest BCUT2D eigenvalue weighted by Crippen LogP contribution is -2.36. The summed E-state index contributed by atoms with van der Waals surface area (Å²) in [6, 6.07) is 5.01. The second kappa shape index (κ2) is 5.49. The first kappa shape index (κ1) is 12.4. The highest BCUT2D eigenvalue weighted by Gasteiger charge is 2.11. The summed E-state index contributed by atoms with van der Waals surface area (Å²) >= 11 is 3.35. The Balaban J connectivity index is 1.88. The van der Waals surface area contributed by atoms with E-state index < -0.39 is 0 Å². The predicted octanol–water partition coefficient (Wildman–Crippen LogP) is 2.02. The fraction of sp³-hybridized carbons (Fsp3) is 0.417. The van der Waals surface area contributed by atoms with Crippen LogP contribution in [0.4, 0.5) is 4.39 Å². The van der Waals surface area contributed by atoms with Gasteiger partial charge in [-0.2, -0.15) is 0 Å². The summed E-state index contributed by atoms with van der Waals surface area (Å²) in [5, 5.41) is 3.22. The van der Waals surface area contributed by atoms with Gasteiger partial charge in [-0.25, -0.2) is 4.39 Å². The standard InChI is InChI=1S/C12H15BrFN3/c1-17-7-6-16-12(17)15-5-4-9-8-10(13)2-3-11(9)14/h2-3,8H,4-7H2,1H3,(H,15,16). The van der Waals surface area contributed by atoms with Crippen molar-refractivity contribution in [3.63, 3.8) is 0 Å². The monoisotopic (exact) mass is 299 g/mol. The molecular weight excluding hydrogens is 285 g/mol. The summed E-state index contributed by atoms with van der Waals surface area (Å²) in [6.45, 7) is 2.48. The number of hydrogen-bond donors (Lipinski definition) is 1. The van der Waals surface area contributed by atoms with Crippen LogP contribution >= 0.6 is 15.9 Å². The SMILES string of the molecule is CN1CCN=C1NCCc1cc(Br)ccc1F.